The van der Waals surface area contributed by atoms with Gasteiger partial charge in [-0.05, 0) is 45.0 Å². The normalized spacial score (nSPS) is 12.4. The monoisotopic (exact) mass is 490 g/mol. The summed E-state index contributed by atoms with van der Waals surface area (Å²) in [5, 5.41) is 5.55. The minimum atomic E-state index is -0.609. The van der Waals surface area contributed by atoms with Crippen LogP contribution in [0, 0.1) is 5.41 Å². The Bertz CT molecular complexity index is 1310. The van der Waals surface area contributed by atoms with Crippen molar-refractivity contribution in [3.63, 3.8) is 0 Å². The maximum atomic E-state index is 12.6. The van der Waals surface area contributed by atoms with Crippen molar-refractivity contribution in [1.82, 2.24) is 10.3 Å². The lowest BCUT2D eigenvalue weighted by molar-refractivity contribution is -0.159. The molecule has 0 amide bonds. The second-order valence-electron chi connectivity index (χ2n) is 9.64. The van der Waals surface area contributed by atoms with Crippen LogP contribution in [0.5, 0.6) is 17.2 Å². The van der Waals surface area contributed by atoms with Gasteiger partial charge in [-0.25, -0.2) is 0 Å². The standard InChI is InChI=1S/C29H34N2O5/c1-29(2,3)28(32)36-20(18-30-16-17-34-25-14-8-7-13-24(25)33-4)19-35-26-15-9-11-22-21-10-5-6-12-23(21)31-27(22)26/h5-15,20,30-31H,16-19H2,1-4H3. The average molecular weight is 491 g/mol. The van der Waals surface area contributed by atoms with Gasteiger partial charge in [0, 0.05) is 29.4 Å². The van der Waals surface area contributed by atoms with E-state index in [1.54, 1.807) is 7.11 Å². The summed E-state index contributed by atoms with van der Waals surface area (Å²) in [4.78, 5) is 16.1. The Labute approximate surface area is 211 Å². The topological polar surface area (TPSA) is 81.8 Å². The van der Waals surface area contributed by atoms with Gasteiger partial charge < -0.3 is 29.2 Å². The molecule has 36 heavy (non-hydrogen) atoms. The molecule has 0 aliphatic rings. The number of fused-ring (bicyclic) bond motifs is 3. The molecular weight excluding hydrogens is 456 g/mol. The zero-order valence-electron chi connectivity index (χ0n) is 21.3. The van der Waals surface area contributed by atoms with Crippen molar-refractivity contribution in [1.29, 1.82) is 0 Å². The van der Waals surface area contributed by atoms with Crippen molar-refractivity contribution in [2.45, 2.75) is 26.9 Å². The maximum absolute atomic E-state index is 12.6. The van der Waals surface area contributed by atoms with E-state index in [0.29, 0.717) is 31.2 Å². The largest absolute Gasteiger partial charge is 0.493 e. The molecule has 190 valence electrons. The fourth-order valence-corrected chi connectivity index (χ4v) is 3.85. The highest BCUT2D eigenvalue weighted by molar-refractivity contribution is 6.09. The van der Waals surface area contributed by atoms with Gasteiger partial charge >= 0.3 is 5.97 Å². The third-order valence-electron chi connectivity index (χ3n) is 5.79. The summed E-state index contributed by atoms with van der Waals surface area (Å²) < 4.78 is 23.1. The number of nitrogens with one attached hydrogen (secondary N) is 2. The summed E-state index contributed by atoms with van der Waals surface area (Å²) in [6, 6.07) is 21.6. The van der Waals surface area contributed by atoms with Crippen LogP contribution in [0.4, 0.5) is 0 Å². The quantitative estimate of drug-likeness (QED) is 0.218. The van der Waals surface area contributed by atoms with E-state index in [2.05, 4.69) is 22.4 Å². The predicted molar refractivity (Wildman–Crippen MR) is 142 cm³/mol. The minimum absolute atomic E-state index is 0.219. The molecule has 1 atom stereocenters. The first-order valence-corrected chi connectivity index (χ1v) is 12.2. The van der Waals surface area contributed by atoms with Crippen molar-refractivity contribution in [2.75, 3.05) is 33.4 Å². The van der Waals surface area contributed by atoms with Crippen LogP contribution in [0.1, 0.15) is 20.8 Å². The van der Waals surface area contributed by atoms with Crippen LogP contribution in [0.15, 0.2) is 66.7 Å². The molecule has 1 aromatic heterocycles. The Kier molecular flexibility index (Phi) is 8.00. The van der Waals surface area contributed by atoms with E-state index >= 15 is 0 Å². The first kappa shape index (κ1) is 25.4. The van der Waals surface area contributed by atoms with Crippen LogP contribution in [0.2, 0.25) is 0 Å². The smallest absolute Gasteiger partial charge is 0.311 e. The number of rotatable bonds is 11. The van der Waals surface area contributed by atoms with E-state index in [4.69, 9.17) is 18.9 Å². The van der Waals surface area contributed by atoms with Gasteiger partial charge in [-0.3, -0.25) is 4.79 Å². The molecule has 3 aromatic carbocycles. The lowest BCUT2D eigenvalue weighted by Crippen LogP contribution is -2.39. The van der Waals surface area contributed by atoms with Gasteiger partial charge in [-0.1, -0.05) is 42.5 Å². The van der Waals surface area contributed by atoms with Crippen molar-refractivity contribution in [2.24, 2.45) is 5.41 Å². The number of aromatic amines is 1. The molecule has 0 saturated heterocycles. The number of hydrogen-bond donors (Lipinski definition) is 2. The summed E-state index contributed by atoms with van der Waals surface area (Å²) in [5.41, 5.74) is 1.37. The van der Waals surface area contributed by atoms with E-state index in [9.17, 15) is 4.79 Å². The molecule has 1 unspecified atom stereocenters. The van der Waals surface area contributed by atoms with E-state index < -0.39 is 11.5 Å². The second kappa shape index (κ2) is 11.4. The number of benzene rings is 3. The summed E-state index contributed by atoms with van der Waals surface area (Å²) in [6.07, 6.45) is -0.470. The van der Waals surface area contributed by atoms with Crippen LogP contribution >= 0.6 is 0 Å². The zero-order valence-corrected chi connectivity index (χ0v) is 21.3. The Morgan fingerprint density at radius 3 is 2.36 bits per heavy atom. The van der Waals surface area contributed by atoms with Gasteiger partial charge in [-0.15, -0.1) is 0 Å². The number of ether oxygens (including phenoxy) is 4. The minimum Gasteiger partial charge on any atom is -0.493 e. The van der Waals surface area contributed by atoms with Crippen LogP contribution in [0.25, 0.3) is 21.8 Å². The molecule has 0 saturated carbocycles. The summed E-state index contributed by atoms with van der Waals surface area (Å²) in [5.74, 6) is 1.83. The van der Waals surface area contributed by atoms with Crippen LogP contribution in [0.3, 0.4) is 0 Å². The second-order valence-corrected chi connectivity index (χ2v) is 9.64. The van der Waals surface area contributed by atoms with Gasteiger partial charge in [0.15, 0.2) is 11.5 Å². The lowest BCUT2D eigenvalue weighted by Gasteiger charge is -2.24. The third kappa shape index (κ3) is 6.10. The van der Waals surface area contributed by atoms with E-state index in [1.165, 1.54) is 0 Å². The number of esters is 1. The molecule has 7 nitrogen and oxygen atoms in total. The lowest BCUT2D eigenvalue weighted by atomic mass is 9.97. The molecular formula is C29H34N2O5. The molecule has 4 aromatic rings. The molecule has 0 bridgehead atoms. The van der Waals surface area contributed by atoms with Gasteiger partial charge in [0.05, 0.1) is 18.0 Å². The maximum Gasteiger partial charge on any atom is 0.311 e. The molecule has 0 radical (unpaired) electrons. The molecule has 0 aliphatic heterocycles. The molecule has 0 fully saturated rings. The first-order valence-electron chi connectivity index (χ1n) is 12.2. The first-order chi connectivity index (χ1) is 17.4. The number of hydrogen-bond acceptors (Lipinski definition) is 6. The van der Waals surface area contributed by atoms with Gasteiger partial charge in [-0.2, -0.15) is 0 Å². The van der Waals surface area contributed by atoms with E-state index in [-0.39, 0.29) is 12.6 Å². The number of para-hydroxylation sites is 4. The molecule has 2 N–H and O–H groups in total. The van der Waals surface area contributed by atoms with Crippen LogP contribution in [-0.2, 0) is 9.53 Å². The van der Waals surface area contributed by atoms with Gasteiger partial charge in [0.25, 0.3) is 0 Å². The molecule has 4 rings (SSSR count). The number of methoxy groups -OCH3 is 1. The number of carbonyl (C=O) groups excluding carboxylic acids is 1. The summed E-state index contributed by atoms with van der Waals surface area (Å²) in [7, 11) is 1.62. The van der Waals surface area contributed by atoms with E-state index in [1.807, 2.05) is 75.4 Å². The average Bonchev–Trinajstić information content (AvgIpc) is 3.26. The van der Waals surface area contributed by atoms with Crippen LogP contribution in [-0.4, -0.2) is 50.5 Å². The van der Waals surface area contributed by atoms with Crippen molar-refractivity contribution < 1.29 is 23.7 Å². The zero-order chi connectivity index (χ0) is 25.5. The molecule has 1 heterocycles. The highest BCUT2D eigenvalue weighted by Gasteiger charge is 2.27. The third-order valence-corrected chi connectivity index (χ3v) is 5.79. The highest BCUT2D eigenvalue weighted by Crippen LogP contribution is 2.31. The van der Waals surface area contributed by atoms with E-state index in [0.717, 1.165) is 27.6 Å². The van der Waals surface area contributed by atoms with Crippen LogP contribution < -0.4 is 19.5 Å². The number of H-pyrrole nitrogens is 1. The SMILES string of the molecule is COc1ccccc1OCCNCC(COc1cccc2c1[nH]c1ccccc12)OC(=O)C(C)(C)C. The molecule has 0 spiro atoms. The van der Waals surface area contributed by atoms with Crippen molar-refractivity contribution in [3.05, 3.63) is 66.7 Å². The van der Waals surface area contributed by atoms with Gasteiger partial charge in [0.2, 0.25) is 0 Å². The Morgan fingerprint density at radius 1 is 0.889 bits per heavy atom. The Hall–Kier alpha value is -3.71. The fraction of sp³-hybridized carbons (Fsp3) is 0.345. The molecule has 7 heteroatoms. The highest BCUT2D eigenvalue weighted by atomic mass is 16.6. The Morgan fingerprint density at radius 2 is 1.58 bits per heavy atom. The fourth-order valence-electron chi connectivity index (χ4n) is 3.85. The summed E-state index contributed by atoms with van der Waals surface area (Å²) >= 11 is 0. The Balaban J connectivity index is 1.38. The summed E-state index contributed by atoms with van der Waals surface area (Å²) in [6.45, 7) is 7.18. The predicted octanol–water partition coefficient (Wildman–Crippen LogP) is 5.34. The van der Waals surface area contributed by atoms with Crippen molar-refractivity contribution >= 4 is 27.8 Å². The number of aromatic nitrogens is 1. The molecule has 0 aliphatic carbocycles. The van der Waals surface area contributed by atoms with Crippen molar-refractivity contribution in [3.8, 4) is 17.2 Å². The number of carbonyl (C=O) groups is 1. The van der Waals surface area contributed by atoms with Gasteiger partial charge in [0.1, 0.15) is 25.1 Å².